The first-order valence-corrected chi connectivity index (χ1v) is 7.10. The monoisotopic (exact) mass is 286 g/mol. The van der Waals surface area contributed by atoms with Gasteiger partial charge in [-0.05, 0) is 51.0 Å². The highest BCUT2D eigenvalue weighted by molar-refractivity contribution is 5.30. The zero-order chi connectivity index (χ0) is 14.9. The SMILES string of the molecule is Cc1cc(C)cc(C(O)C2CCC(C(F)(F)F)CC2)c1. The first kappa shape index (κ1) is 15.4. The van der Waals surface area contributed by atoms with Gasteiger partial charge < -0.3 is 5.11 Å². The van der Waals surface area contributed by atoms with Crippen molar-refractivity contribution in [2.75, 3.05) is 0 Å². The van der Waals surface area contributed by atoms with E-state index in [-0.39, 0.29) is 18.8 Å². The molecule has 0 bridgehead atoms. The molecule has 2 rings (SSSR count). The number of hydrogen-bond acceptors (Lipinski definition) is 1. The Morgan fingerprint density at radius 3 is 1.95 bits per heavy atom. The van der Waals surface area contributed by atoms with E-state index in [2.05, 4.69) is 0 Å². The molecule has 0 saturated heterocycles. The predicted octanol–water partition coefficient (Wildman–Crippen LogP) is 4.71. The summed E-state index contributed by atoms with van der Waals surface area (Å²) >= 11 is 0. The molecule has 0 aromatic heterocycles. The Kier molecular flexibility index (Phi) is 4.43. The van der Waals surface area contributed by atoms with E-state index in [1.54, 1.807) is 0 Å². The molecule has 1 aromatic carbocycles. The van der Waals surface area contributed by atoms with Crippen LogP contribution in [0.3, 0.4) is 0 Å². The van der Waals surface area contributed by atoms with Crippen molar-refractivity contribution in [1.29, 1.82) is 0 Å². The minimum atomic E-state index is -4.09. The average Bonchev–Trinajstić information content (AvgIpc) is 2.36. The predicted molar refractivity (Wildman–Crippen MR) is 72.4 cm³/mol. The fraction of sp³-hybridized carbons (Fsp3) is 0.625. The second-order valence-electron chi connectivity index (χ2n) is 6.02. The maximum atomic E-state index is 12.6. The lowest BCUT2D eigenvalue weighted by molar-refractivity contribution is -0.185. The van der Waals surface area contributed by atoms with Crippen molar-refractivity contribution in [1.82, 2.24) is 0 Å². The molecule has 20 heavy (non-hydrogen) atoms. The van der Waals surface area contributed by atoms with Crippen molar-refractivity contribution in [2.24, 2.45) is 11.8 Å². The topological polar surface area (TPSA) is 20.2 Å². The highest BCUT2D eigenvalue weighted by atomic mass is 19.4. The molecule has 0 aliphatic heterocycles. The number of alkyl halides is 3. The molecule has 1 nitrogen and oxygen atoms in total. The second kappa shape index (κ2) is 5.76. The van der Waals surface area contributed by atoms with Crippen LogP contribution in [0.1, 0.15) is 48.5 Å². The van der Waals surface area contributed by atoms with Gasteiger partial charge in [0.25, 0.3) is 0 Å². The lowest BCUT2D eigenvalue weighted by atomic mass is 9.77. The summed E-state index contributed by atoms with van der Waals surface area (Å²) in [5, 5.41) is 10.4. The van der Waals surface area contributed by atoms with Gasteiger partial charge in [-0.1, -0.05) is 29.3 Å². The molecule has 0 radical (unpaired) electrons. The molecule has 1 atom stereocenters. The van der Waals surface area contributed by atoms with Crippen molar-refractivity contribution >= 4 is 0 Å². The molecule has 0 heterocycles. The molecule has 112 valence electrons. The third kappa shape index (κ3) is 3.54. The Morgan fingerprint density at radius 2 is 1.50 bits per heavy atom. The van der Waals surface area contributed by atoms with Gasteiger partial charge in [-0.3, -0.25) is 0 Å². The van der Waals surface area contributed by atoms with Crippen LogP contribution in [-0.4, -0.2) is 11.3 Å². The lowest BCUT2D eigenvalue weighted by Gasteiger charge is -2.32. The Labute approximate surface area is 117 Å². The Balaban J connectivity index is 2.03. The van der Waals surface area contributed by atoms with Gasteiger partial charge >= 0.3 is 6.18 Å². The quantitative estimate of drug-likeness (QED) is 0.835. The molecule has 0 spiro atoms. The van der Waals surface area contributed by atoms with Crippen LogP contribution in [0, 0.1) is 25.7 Å². The molecule has 1 aliphatic rings. The molecule has 1 unspecified atom stereocenters. The van der Waals surface area contributed by atoms with Gasteiger partial charge in [0.05, 0.1) is 12.0 Å². The van der Waals surface area contributed by atoms with Gasteiger partial charge in [-0.2, -0.15) is 13.2 Å². The van der Waals surface area contributed by atoms with Crippen molar-refractivity contribution < 1.29 is 18.3 Å². The van der Waals surface area contributed by atoms with Crippen LogP contribution >= 0.6 is 0 Å². The Bertz CT molecular complexity index is 439. The van der Waals surface area contributed by atoms with Crippen LogP contribution in [0.5, 0.6) is 0 Å². The average molecular weight is 286 g/mol. The number of rotatable bonds is 2. The number of aliphatic hydroxyl groups is 1. The van der Waals surface area contributed by atoms with Crippen LogP contribution in [0.2, 0.25) is 0 Å². The summed E-state index contributed by atoms with van der Waals surface area (Å²) < 4.78 is 37.9. The van der Waals surface area contributed by atoms with Crippen LogP contribution in [-0.2, 0) is 0 Å². The standard InChI is InChI=1S/C16H21F3O/c1-10-7-11(2)9-13(8-10)15(20)12-3-5-14(6-4-12)16(17,18)19/h7-9,12,14-15,20H,3-6H2,1-2H3. The van der Waals surface area contributed by atoms with Gasteiger partial charge in [-0.25, -0.2) is 0 Å². The van der Waals surface area contributed by atoms with E-state index in [1.807, 2.05) is 32.0 Å². The summed E-state index contributed by atoms with van der Waals surface area (Å²) in [4.78, 5) is 0. The van der Waals surface area contributed by atoms with Crippen molar-refractivity contribution in [3.05, 3.63) is 34.9 Å². The van der Waals surface area contributed by atoms with E-state index in [9.17, 15) is 18.3 Å². The first-order chi connectivity index (χ1) is 9.27. The van der Waals surface area contributed by atoms with E-state index >= 15 is 0 Å². The molecule has 1 saturated carbocycles. The third-order valence-electron chi connectivity index (χ3n) is 4.27. The molecular weight excluding hydrogens is 265 g/mol. The minimum Gasteiger partial charge on any atom is -0.388 e. The second-order valence-corrected chi connectivity index (χ2v) is 6.02. The molecular formula is C16H21F3O. The molecule has 4 heteroatoms. The summed E-state index contributed by atoms with van der Waals surface area (Å²) in [6.07, 6.45) is -3.58. The molecule has 1 N–H and O–H groups in total. The van der Waals surface area contributed by atoms with Crippen molar-refractivity contribution in [2.45, 2.75) is 51.8 Å². The summed E-state index contributed by atoms with van der Waals surface area (Å²) in [6, 6.07) is 5.87. The zero-order valence-corrected chi connectivity index (χ0v) is 11.9. The van der Waals surface area contributed by atoms with E-state index < -0.39 is 18.2 Å². The van der Waals surface area contributed by atoms with E-state index in [1.165, 1.54) is 0 Å². The summed E-state index contributed by atoms with van der Waals surface area (Å²) in [5.74, 6) is -1.25. The van der Waals surface area contributed by atoms with Gasteiger partial charge in [0.2, 0.25) is 0 Å². The van der Waals surface area contributed by atoms with Crippen LogP contribution < -0.4 is 0 Å². The van der Waals surface area contributed by atoms with Crippen LogP contribution in [0.25, 0.3) is 0 Å². The Hall–Kier alpha value is -1.03. The smallest absolute Gasteiger partial charge is 0.388 e. The highest BCUT2D eigenvalue weighted by Crippen LogP contribution is 2.43. The van der Waals surface area contributed by atoms with Crippen molar-refractivity contribution in [3.63, 3.8) is 0 Å². The van der Waals surface area contributed by atoms with E-state index in [0.717, 1.165) is 16.7 Å². The van der Waals surface area contributed by atoms with Gasteiger partial charge in [0.1, 0.15) is 0 Å². The van der Waals surface area contributed by atoms with Gasteiger partial charge in [0, 0.05) is 0 Å². The largest absolute Gasteiger partial charge is 0.391 e. The number of aliphatic hydroxyl groups excluding tert-OH is 1. The van der Waals surface area contributed by atoms with Gasteiger partial charge in [0.15, 0.2) is 0 Å². The van der Waals surface area contributed by atoms with Gasteiger partial charge in [-0.15, -0.1) is 0 Å². The molecule has 0 amide bonds. The van der Waals surface area contributed by atoms with E-state index in [4.69, 9.17) is 0 Å². The number of hydrogen-bond donors (Lipinski definition) is 1. The van der Waals surface area contributed by atoms with Crippen LogP contribution in [0.15, 0.2) is 18.2 Å². The number of benzene rings is 1. The molecule has 1 aromatic rings. The lowest BCUT2D eigenvalue weighted by Crippen LogP contribution is -2.29. The van der Waals surface area contributed by atoms with Crippen molar-refractivity contribution in [3.8, 4) is 0 Å². The fourth-order valence-corrected chi connectivity index (χ4v) is 3.22. The zero-order valence-electron chi connectivity index (χ0n) is 11.9. The normalized spacial score (nSPS) is 25.5. The fourth-order valence-electron chi connectivity index (χ4n) is 3.22. The van der Waals surface area contributed by atoms with E-state index in [0.29, 0.717) is 12.8 Å². The number of aryl methyl sites for hydroxylation is 2. The summed E-state index contributed by atoms with van der Waals surface area (Å²) in [7, 11) is 0. The summed E-state index contributed by atoms with van der Waals surface area (Å²) in [5.41, 5.74) is 2.98. The highest BCUT2D eigenvalue weighted by Gasteiger charge is 2.42. The summed E-state index contributed by atoms with van der Waals surface area (Å²) in [6.45, 7) is 3.92. The maximum Gasteiger partial charge on any atom is 0.391 e. The minimum absolute atomic E-state index is 0.0604. The maximum absolute atomic E-state index is 12.6. The Morgan fingerprint density at radius 1 is 1.00 bits per heavy atom. The first-order valence-electron chi connectivity index (χ1n) is 7.10. The number of halogens is 3. The van der Waals surface area contributed by atoms with Crippen LogP contribution in [0.4, 0.5) is 13.2 Å². The third-order valence-corrected chi connectivity index (χ3v) is 4.27. The molecule has 1 fully saturated rings. The molecule has 1 aliphatic carbocycles.